The van der Waals surface area contributed by atoms with E-state index in [1.54, 1.807) is 12.1 Å². The van der Waals surface area contributed by atoms with Crippen molar-refractivity contribution >= 4 is 0 Å². The summed E-state index contributed by atoms with van der Waals surface area (Å²) < 4.78 is 13.1. The normalized spacial score (nSPS) is 15.7. The van der Waals surface area contributed by atoms with E-state index in [1.807, 2.05) is 0 Å². The Morgan fingerprint density at radius 1 is 1.50 bits per heavy atom. The lowest BCUT2D eigenvalue weighted by atomic mass is 9.94. The standard InChI is InChI=1S/C9H11FNO/c1-9(11,6-12)7-4-2-3-5-8(7)10/h2-5H,6,11H2,1H3/q-1. The van der Waals surface area contributed by atoms with Gasteiger partial charge in [0.2, 0.25) is 0 Å². The number of hydrogen-bond donors (Lipinski definition) is 1. The molecule has 0 amide bonds. The largest absolute Gasteiger partial charge is 0.853 e. The second-order valence-corrected chi connectivity index (χ2v) is 3.04. The van der Waals surface area contributed by atoms with Crippen LogP contribution in [0.5, 0.6) is 0 Å². The second kappa shape index (κ2) is 3.21. The third-order valence-corrected chi connectivity index (χ3v) is 1.79. The van der Waals surface area contributed by atoms with Gasteiger partial charge in [0, 0.05) is 11.1 Å². The lowest BCUT2D eigenvalue weighted by molar-refractivity contribution is -0.381. The smallest absolute Gasteiger partial charge is 0.128 e. The molecule has 1 aromatic carbocycles. The minimum absolute atomic E-state index is 0.278. The fourth-order valence-electron chi connectivity index (χ4n) is 1.00. The van der Waals surface area contributed by atoms with Gasteiger partial charge in [0.25, 0.3) is 0 Å². The van der Waals surface area contributed by atoms with Crippen molar-refractivity contribution in [3.8, 4) is 0 Å². The van der Waals surface area contributed by atoms with Gasteiger partial charge in [-0.3, -0.25) is 0 Å². The van der Waals surface area contributed by atoms with Gasteiger partial charge in [-0.1, -0.05) is 18.2 Å². The van der Waals surface area contributed by atoms with E-state index in [-0.39, 0.29) is 5.56 Å². The Labute approximate surface area is 70.8 Å². The average molecular weight is 168 g/mol. The van der Waals surface area contributed by atoms with E-state index in [4.69, 9.17) is 5.73 Å². The van der Waals surface area contributed by atoms with Gasteiger partial charge in [0.15, 0.2) is 0 Å². The molecule has 12 heavy (non-hydrogen) atoms. The van der Waals surface area contributed by atoms with E-state index < -0.39 is 18.0 Å². The van der Waals surface area contributed by atoms with Gasteiger partial charge in [-0.05, 0) is 13.0 Å². The van der Waals surface area contributed by atoms with E-state index in [0.29, 0.717) is 0 Å². The number of nitrogens with two attached hydrogens (primary N) is 1. The van der Waals surface area contributed by atoms with Crippen LogP contribution in [-0.4, -0.2) is 6.61 Å². The molecule has 0 radical (unpaired) electrons. The van der Waals surface area contributed by atoms with Gasteiger partial charge in [-0.25, -0.2) is 4.39 Å². The lowest BCUT2D eigenvalue weighted by Crippen LogP contribution is -2.43. The van der Waals surface area contributed by atoms with Crippen molar-refractivity contribution in [3.63, 3.8) is 0 Å². The summed E-state index contributed by atoms with van der Waals surface area (Å²) in [5.41, 5.74) is 4.76. The van der Waals surface area contributed by atoms with Crippen LogP contribution in [0.15, 0.2) is 24.3 Å². The van der Waals surface area contributed by atoms with Crippen LogP contribution in [0.3, 0.4) is 0 Å². The molecule has 2 nitrogen and oxygen atoms in total. The molecule has 0 aromatic heterocycles. The third kappa shape index (κ3) is 1.62. The first-order valence-electron chi connectivity index (χ1n) is 3.70. The molecular weight excluding hydrogens is 157 g/mol. The van der Waals surface area contributed by atoms with Crippen LogP contribution < -0.4 is 10.8 Å². The molecule has 0 bridgehead atoms. The highest BCUT2D eigenvalue weighted by molar-refractivity contribution is 5.24. The van der Waals surface area contributed by atoms with E-state index in [0.717, 1.165) is 0 Å². The number of benzene rings is 1. The average Bonchev–Trinajstić information content (AvgIpc) is 2.05. The summed E-state index contributed by atoms with van der Waals surface area (Å²) in [7, 11) is 0. The Morgan fingerprint density at radius 3 is 2.58 bits per heavy atom. The predicted octanol–water partition coefficient (Wildman–Crippen LogP) is 0.360. The van der Waals surface area contributed by atoms with Crippen LogP contribution in [0.1, 0.15) is 12.5 Å². The van der Waals surface area contributed by atoms with Crippen molar-refractivity contribution in [1.82, 2.24) is 0 Å². The SMILES string of the molecule is CC(N)(C[O-])c1ccccc1F. The van der Waals surface area contributed by atoms with Crippen molar-refractivity contribution in [3.05, 3.63) is 35.6 Å². The molecule has 1 rings (SSSR count). The maximum absolute atomic E-state index is 13.1. The highest BCUT2D eigenvalue weighted by Gasteiger charge is 2.18. The summed E-state index contributed by atoms with van der Waals surface area (Å²) in [6.45, 7) is 1.01. The molecule has 3 heteroatoms. The van der Waals surface area contributed by atoms with Gasteiger partial charge in [0.05, 0.1) is 0 Å². The molecule has 0 aliphatic heterocycles. The summed E-state index contributed by atoms with van der Waals surface area (Å²) in [6.07, 6.45) is 0. The van der Waals surface area contributed by atoms with Crippen molar-refractivity contribution in [2.24, 2.45) is 5.73 Å². The Bertz CT molecular complexity index is 273. The zero-order valence-electron chi connectivity index (χ0n) is 6.88. The molecule has 0 spiro atoms. The van der Waals surface area contributed by atoms with Crippen molar-refractivity contribution in [2.45, 2.75) is 12.5 Å². The Kier molecular flexibility index (Phi) is 2.45. The van der Waals surface area contributed by atoms with Crippen LogP contribution in [0.2, 0.25) is 0 Å². The zero-order valence-corrected chi connectivity index (χ0v) is 6.88. The minimum atomic E-state index is -1.11. The first kappa shape index (κ1) is 9.16. The fourth-order valence-corrected chi connectivity index (χ4v) is 1.00. The first-order valence-corrected chi connectivity index (χ1v) is 3.70. The molecular formula is C9H11FNO-. The molecule has 0 aliphatic carbocycles. The summed E-state index contributed by atoms with van der Waals surface area (Å²) >= 11 is 0. The molecule has 0 aliphatic rings. The van der Waals surface area contributed by atoms with E-state index in [2.05, 4.69) is 0 Å². The van der Waals surface area contributed by atoms with E-state index in [1.165, 1.54) is 19.1 Å². The van der Waals surface area contributed by atoms with Gasteiger partial charge in [-0.2, -0.15) is 0 Å². The van der Waals surface area contributed by atoms with Gasteiger partial charge in [-0.15, -0.1) is 6.61 Å². The summed E-state index contributed by atoms with van der Waals surface area (Å²) in [5, 5.41) is 10.6. The Hall–Kier alpha value is -0.930. The fraction of sp³-hybridized carbons (Fsp3) is 0.333. The first-order chi connectivity index (χ1) is 5.58. The number of halogens is 1. The van der Waals surface area contributed by atoms with Crippen LogP contribution in [0.4, 0.5) is 4.39 Å². The topological polar surface area (TPSA) is 49.1 Å². The summed E-state index contributed by atoms with van der Waals surface area (Å²) in [5.74, 6) is -0.418. The molecule has 0 saturated heterocycles. The van der Waals surface area contributed by atoms with E-state index >= 15 is 0 Å². The zero-order chi connectivity index (χ0) is 9.19. The minimum Gasteiger partial charge on any atom is -0.853 e. The molecule has 0 fully saturated rings. The van der Waals surface area contributed by atoms with Crippen LogP contribution >= 0.6 is 0 Å². The highest BCUT2D eigenvalue weighted by Crippen LogP contribution is 2.18. The van der Waals surface area contributed by atoms with Gasteiger partial charge >= 0.3 is 0 Å². The molecule has 0 saturated carbocycles. The molecule has 1 unspecified atom stereocenters. The molecule has 1 aromatic rings. The second-order valence-electron chi connectivity index (χ2n) is 3.04. The maximum atomic E-state index is 13.1. The summed E-state index contributed by atoms with van der Waals surface area (Å²) in [6, 6.07) is 6.07. The Morgan fingerprint density at radius 2 is 2.08 bits per heavy atom. The van der Waals surface area contributed by atoms with Crippen LogP contribution in [0, 0.1) is 5.82 Å². The number of hydrogen-bond acceptors (Lipinski definition) is 2. The van der Waals surface area contributed by atoms with Gasteiger partial charge < -0.3 is 10.8 Å². The Balaban J connectivity index is 3.10. The summed E-state index contributed by atoms with van der Waals surface area (Å²) in [4.78, 5) is 0. The van der Waals surface area contributed by atoms with Gasteiger partial charge in [0.1, 0.15) is 5.82 Å². The quantitative estimate of drug-likeness (QED) is 0.693. The predicted molar refractivity (Wildman–Crippen MR) is 42.8 cm³/mol. The third-order valence-electron chi connectivity index (χ3n) is 1.79. The van der Waals surface area contributed by atoms with Crippen molar-refractivity contribution < 1.29 is 9.50 Å². The van der Waals surface area contributed by atoms with Crippen molar-refractivity contribution in [2.75, 3.05) is 6.61 Å². The van der Waals surface area contributed by atoms with Crippen LogP contribution in [0.25, 0.3) is 0 Å². The van der Waals surface area contributed by atoms with E-state index in [9.17, 15) is 9.50 Å². The van der Waals surface area contributed by atoms with Crippen molar-refractivity contribution in [1.29, 1.82) is 0 Å². The molecule has 66 valence electrons. The maximum Gasteiger partial charge on any atom is 0.128 e. The highest BCUT2D eigenvalue weighted by atomic mass is 19.1. The van der Waals surface area contributed by atoms with Crippen LogP contribution in [-0.2, 0) is 5.54 Å². The molecule has 0 heterocycles. The monoisotopic (exact) mass is 168 g/mol. The molecule has 1 atom stereocenters. The molecule has 2 N–H and O–H groups in total. The lowest BCUT2D eigenvalue weighted by Gasteiger charge is -2.28. The number of rotatable bonds is 2.